The summed E-state index contributed by atoms with van der Waals surface area (Å²) in [6.45, 7) is 4.56. The van der Waals surface area contributed by atoms with Crippen molar-refractivity contribution in [3.63, 3.8) is 0 Å². The molecule has 1 aliphatic heterocycles. The van der Waals surface area contributed by atoms with Gasteiger partial charge in [-0.25, -0.2) is 0 Å². The Balaban J connectivity index is 0.0000810. The SMILES string of the molecule is CN(CCCCCC(=O)NCCCCCC(=O)NCCN(CCNC(=O)CCCCCNC(=O)CCCCCN(C)C(=O)CC[C@H](N)C(=O)O)C(=O)CCCCCN1CCN(CC(=O)[O-])CCN(CC(=O)[O-])CCN(CC(=O)[O-])CC1)C(=O)CC[C@H](N)C(=O)O.[Gd+3]. The molecule has 0 aromatic carbocycles. The molecule has 0 aromatic rings. The van der Waals surface area contributed by atoms with Crippen LogP contribution in [0.15, 0.2) is 0 Å². The Morgan fingerprint density at radius 3 is 1.01 bits per heavy atom. The number of nitrogens with zero attached hydrogens (tertiary/aromatic N) is 7. The third-order valence-corrected chi connectivity index (χ3v) is 15.5. The molecule has 0 unspecified atom stereocenters. The number of carbonyl (C=O) groups is 12. The van der Waals surface area contributed by atoms with E-state index in [1.54, 1.807) is 33.7 Å². The number of carboxylic acids is 5. The van der Waals surface area contributed by atoms with E-state index in [9.17, 15) is 72.9 Å². The molecule has 0 aromatic heterocycles. The quantitative estimate of drug-likeness (QED) is 0.0268. The van der Waals surface area contributed by atoms with Gasteiger partial charge in [-0.2, -0.15) is 0 Å². The van der Waals surface area contributed by atoms with Crippen LogP contribution in [0.3, 0.4) is 0 Å². The van der Waals surface area contributed by atoms with E-state index >= 15 is 0 Å². The van der Waals surface area contributed by atoms with Crippen molar-refractivity contribution in [2.45, 2.75) is 166 Å². The van der Waals surface area contributed by atoms with Crippen molar-refractivity contribution < 1.29 is 123 Å². The second-order valence-electron chi connectivity index (χ2n) is 23.2. The number of nitrogens with one attached hydrogen (secondary N) is 4. The standard InChI is InChI=1S/C60H109N13O17.Gd/c1-67(53(78)25-23-47(61)59(87)88)31-15-5-10-20-49(74)63-27-13-3-8-18-51(76)65-29-34-73(35-30-66-52(77)19-9-4-14-28-64-50(75)21-11-6-16-32-68(2)54(79)26-24-48(62)60(89)90)55(80)22-12-7-17-33-69-36-38-70(44-56(81)82)40-42-72(46-58(85)86)43-41-71(39-37-69)45-57(83)84;/h47-48H,3-46,61-62H2,1-2H3,(H,63,74)(H,64,75)(H,65,76)(H,66,77)(H,81,82)(H,83,84)(H,85,86)(H,87,88)(H,89,90);/q;+3/p-3/t47-,48-;/m0./s1. The average Bonchev–Trinajstić information content (AvgIpc) is 3.15. The van der Waals surface area contributed by atoms with E-state index in [0.717, 1.165) is 12.8 Å². The van der Waals surface area contributed by atoms with Crippen molar-refractivity contribution in [2.24, 2.45) is 11.5 Å². The first-order chi connectivity index (χ1) is 42.9. The summed E-state index contributed by atoms with van der Waals surface area (Å²) < 4.78 is 0. The first-order valence-electron chi connectivity index (χ1n) is 32.1. The van der Waals surface area contributed by atoms with Crippen molar-refractivity contribution in [3.05, 3.63) is 0 Å². The zero-order valence-electron chi connectivity index (χ0n) is 53.9. The molecule has 1 fully saturated rings. The number of carbonyl (C=O) groups excluding carboxylic acids is 10. The van der Waals surface area contributed by atoms with E-state index in [0.29, 0.717) is 155 Å². The summed E-state index contributed by atoms with van der Waals surface area (Å²) in [5, 5.41) is 64.0. The minimum Gasteiger partial charge on any atom is -0.549 e. The van der Waals surface area contributed by atoms with Gasteiger partial charge in [-0.15, -0.1) is 0 Å². The summed E-state index contributed by atoms with van der Waals surface area (Å²) in [6, 6.07) is -2.16. The van der Waals surface area contributed by atoms with Gasteiger partial charge in [0.05, 0.1) is 17.9 Å². The summed E-state index contributed by atoms with van der Waals surface area (Å²) in [7, 11) is 3.30. The minimum atomic E-state index is -1.31. The number of rotatable bonds is 50. The van der Waals surface area contributed by atoms with Gasteiger partial charge in [-0.3, -0.25) is 57.9 Å². The van der Waals surface area contributed by atoms with Gasteiger partial charge in [0, 0.05) is 183 Å². The van der Waals surface area contributed by atoms with Crippen LogP contribution in [0, 0.1) is 39.9 Å². The van der Waals surface area contributed by atoms with Crippen LogP contribution in [0.25, 0.3) is 0 Å². The molecule has 1 radical (unpaired) electrons. The van der Waals surface area contributed by atoms with Gasteiger partial charge >= 0.3 is 51.9 Å². The van der Waals surface area contributed by atoms with Crippen LogP contribution in [0.2, 0.25) is 0 Å². The van der Waals surface area contributed by atoms with Crippen molar-refractivity contribution in [3.8, 4) is 0 Å². The number of carboxylic acid groups (broad SMARTS) is 5. The van der Waals surface area contributed by atoms with Crippen LogP contribution in [-0.4, -0.2) is 273 Å². The maximum atomic E-state index is 13.7. The first kappa shape index (κ1) is 85.7. The van der Waals surface area contributed by atoms with Crippen LogP contribution in [0.5, 0.6) is 0 Å². The summed E-state index contributed by atoms with van der Waals surface area (Å²) >= 11 is 0. The fourth-order valence-corrected chi connectivity index (χ4v) is 9.84. The normalized spacial score (nSPS) is 14.2. The zero-order chi connectivity index (χ0) is 67.1. The number of nitrogens with two attached hydrogens (primary N) is 2. The Labute approximate surface area is 569 Å². The maximum absolute atomic E-state index is 13.7. The molecular weight excluding hydrogens is 1330 g/mol. The molecular formula is C60H106GdN13O17. The largest absolute Gasteiger partial charge is 3.00 e. The molecule has 1 saturated heterocycles. The Morgan fingerprint density at radius 1 is 0.385 bits per heavy atom. The Morgan fingerprint density at radius 2 is 0.681 bits per heavy atom. The second-order valence-corrected chi connectivity index (χ2v) is 23.2. The third kappa shape index (κ3) is 47.3. The molecule has 7 amide bonds. The van der Waals surface area contributed by atoms with Gasteiger partial charge in [-0.05, 0) is 83.6 Å². The van der Waals surface area contributed by atoms with Crippen molar-refractivity contribution in [1.82, 2.24) is 55.6 Å². The molecule has 10 N–H and O–H groups in total. The predicted molar refractivity (Wildman–Crippen MR) is 327 cm³/mol. The van der Waals surface area contributed by atoms with Gasteiger partial charge in [0.25, 0.3) is 0 Å². The maximum Gasteiger partial charge on any atom is 3.00 e. The molecule has 30 nitrogen and oxygen atoms in total. The average molecular weight is 1440 g/mol. The number of unbranched alkanes of at least 4 members (excludes halogenated alkanes) is 10. The molecule has 0 spiro atoms. The molecule has 1 rings (SSSR count). The topological polar surface area (TPSA) is 437 Å². The molecule has 1 aliphatic rings. The zero-order valence-corrected chi connectivity index (χ0v) is 56.2. The third-order valence-electron chi connectivity index (χ3n) is 15.5. The van der Waals surface area contributed by atoms with Gasteiger partial charge < -0.3 is 92.3 Å². The van der Waals surface area contributed by atoms with E-state index in [1.807, 2.05) is 0 Å². The fraction of sp³-hybridized carbons (Fsp3) is 0.800. The van der Waals surface area contributed by atoms with E-state index in [1.165, 1.54) is 9.80 Å². The molecule has 31 heteroatoms. The summed E-state index contributed by atoms with van der Waals surface area (Å²) in [5.41, 5.74) is 11.0. The van der Waals surface area contributed by atoms with Gasteiger partial charge in [-0.1, -0.05) is 32.1 Å². The van der Waals surface area contributed by atoms with E-state index < -0.39 is 48.5 Å². The monoisotopic (exact) mass is 1440 g/mol. The van der Waals surface area contributed by atoms with Crippen LogP contribution in [0.4, 0.5) is 0 Å². The molecule has 0 saturated carbocycles. The van der Waals surface area contributed by atoms with Crippen molar-refractivity contribution in [2.75, 3.05) is 145 Å². The molecule has 2 atom stereocenters. The summed E-state index contributed by atoms with van der Waals surface area (Å²) in [6.07, 6.45) is 11.5. The Kier molecular flexibility index (Phi) is 50.1. The molecule has 1 heterocycles. The predicted octanol–water partition coefficient (Wildman–Crippen LogP) is -4.15. The number of aliphatic carboxylic acids is 5. The molecule has 91 heavy (non-hydrogen) atoms. The van der Waals surface area contributed by atoms with Crippen LogP contribution in [0.1, 0.15) is 154 Å². The number of hydrogen-bond acceptors (Lipinski definition) is 21. The molecule has 0 aliphatic carbocycles. The Bertz CT molecular complexity index is 2060. The van der Waals surface area contributed by atoms with Gasteiger partial charge in [0.2, 0.25) is 41.4 Å². The fourth-order valence-electron chi connectivity index (χ4n) is 9.84. The van der Waals surface area contributed by atoms with Crippen LogP contribution in [-0.2, 0) is 57.5 Å². The van der Waals surface area contributed by atoms with Crippen molar-refractivity contribution in [1.29, 1.82) is 0 Å². The number of amides is 7. The Hall–Kier alpha value is -5.28. The number of hydrogen-bond donors (Lipinski definition) is 8. The van der Waals surface area contributed by atoms with E-state index in [4.69, 9.17) is 21.7 Å². The minimum absolute atomic E-state index is 0. The second kappa shape index (κ2) is 53.1. The summed E-state index contributed by atoms with van der Waals surface area (Å²) in [5.74, 6) is -7.23. The van der Waals surface area contributed by atoms with Crippen LogP contribution < -0.4 is 48.1 Å². The summed E-state index contributed by atoms with van der Waals surface area (Å²) in [4.78, 5) is 157. The first-order valence-corrected chi connectivity index (χ1v) is 32.1. The smallest absolute Gasteiger partial charge is 0.549 e. The van der Waals surface area contributed by atoms with Crippen LogP contribution >= 0.6 is 0 Å². The van der Waals surface area contributed by atoms with Gasteiger partial charge in [0.15, 0.2) is 0 Å². The van der Waals surface area contributed by atoms with E-state index in [2.05, 4.69) is 26.2 Å². The van der Waals surface area contributed by atoms with Gasteiger partial charge in [0.1, 0.15) is 12.1 Å². The molecule has 0 bridgehead atoms. The van der Waals surface area contributed by atoms with E-state index in [-0.39, 0.29) is 192 Å². The molecule has 521 valence electrons. The van der Waals surface area contributed by atoms with Crippen molar-refractivity contribution >= 4 is 71.2 Å².